The van der Waals surface area contributed by atoms with Crippen molar-refractivity contribution in [2.75, 3.05) is 62.0 Å². The number of carbonyl (C=O) groups is 1. The van der Waals surface area contributed by atoms with Gasteiger partial charge < -0.3 is 30.9 Å². The van der Waals surface area contributed by atoms with E-state index in [1.165, 1.54) is 6.07 Å². The average Bonchev–Trinajstić information content (AvgIpc) is 2.80. The maximum atomic E-state index is 15.0. The highest BCUT2D eigenvalue weighted by Gasteiger charge is 2.23. The minimum absolute atomic E-state index is 0.0299. The first-order valence-electron chi connectivity index (χ1n) is 11.9. The van der Waals surface area contributed by atoms with E-state index in [0.29, 0.717) is 36.1 Å². The number of halogens is 1. The molecular formula is C24H34FN7O2. The number of nitrogens with two attached hydrogens (primary N) is 1. The Labute approximate surface area is 199 Å². The van der Waals surface area contributed by atoms with Crippen molar-refractivity contribution >= 4 is 28.9 Å². The van der Waals surface area contributed by atoms with E-state index in [0.717, 1.165) is 39.0 Å². The molecular weight excluding hydrogens is 437 g/mol. The number of hydrogen-bond acceptors (Lipinski definition) is 8. The van der Waals surface area contributed by atoms with Gasteiger partial charge in [-0.25, -0.2) is 14.4 Å². The maximum Gasteiger partial charge on any atom is 0.271 e. The van der Waals surface area contributed by atoms with Gasteiger partial charge in [0.05, 0.1) is 11.4 Å². The van der Waals surface area contributed by atoms with Crippen LogP contribution in [0.3, 0.4) is 0 Å². The number of anilines is 4. The van der Waals surface area contributed by atoms with E-state index in [1.54, 1.807) is 12.1 Å². The van der Waals surface area contributed by atoms with E-state index in [1.807, 2.05) is 18.7 Å². The van der Waals surface area contributed by atoms with Crippen LogP contribution in [0.5, 0.6) is 0 Å². The molecule has 2 aromatic rings. The minimum atomic E-state index is -0.691. The summed E-state index contributed by atoms with van der Waals surface area (Å²) in [4.78, 5) is 25.7. The molecule has 9 nitrogen and oxygen atoms in total. The van der Waals surface area contributed by atoms with Crippen molar-refractivity contribution in [2.24, 2.45) is 5.73 Å². The first kappa shape index (κ1) is 24.2. The molecule has 34 heavy (non-hydrogen) atoms. The number of aromatic nitrogens is 2. The van der Waals surface area contributed by atoms with Gasteiger partial charge in [0.25, 0.3) is 5.91 Å². The van der Waals surface area contributed by atoms with Gasteiger partial charge in [-0.15, -0.1) is 0 Å². The molecule has 1 amide bonds. The molecule has 0 unspecified atom stereocenters. The van der Waals surface area contributed by atoms with E-state index in [9.17, 15) is 4.79 Å². The van der Waals surface area contributed by atoms with E-state index in [4.69, 9.17) is 15.5 Å². The molecule has 4 N–H and O–H groups in total. The predicted octanol–water partition coefficient (Wildman–Crippen LogP) is 2.92. The summed E-state index contributed by atoms with van der Waals surface area (Å²) in [5.74, 6) is -0.184. The van der Waals surface area contributed by atoms with Crippen LogP contribution in [0.25, 0.3) is 0 Å². The molecule has 3 heterocycles. The number of likely N-dealkylation sites (N-methyl/N-ethyl adjacent to an activating group) is 1. The normalized spacial score (nSPS) is 17.7. The summed E-state index contributed by atoms with van der Waals surface area (Å²) >= 11 is 0. The van der Waals surface area contributed by atoms with Gasteiger partial charge in [-0.05, 0) is 44.0 Å². The van der Waals surface area contributed by atoms with Gasteiger partial charge in [-0.1, -0.05) is 13.8 Å². The second-order valence-corrected chi connectivity index (χ2v) is 9.29. The monoisotopic (exact) mass is 471 g/mol. The summed E-state index contributed by atoms with van der Waals surface area (Å²) in [7, 11) is 2.06. The van der Waals surface area contributed by atoms with Crippen molar-refractivity contribution in [3.05, 3.63) is 35.4 Å². The zero-order chi connectivity index (χ0) is 24.2. The number of nitrogens with zero attached hydrogens (tertiary/aromatic N) is 4. The highest BCUT2D eigenvalue weighted by Crippen LogP contribution is 2.30. The lowest BCUT2D eigenvalue weighted by Crippen LogP contribution is -2.44. The van der Waals surface area contributed by atoms with E-state index >= 15 is 4.39 Å². The largest absolute Gasteiger partial charge is 0.381 e. The third kappa shape index (κ3) is 5.56. The van der Waals surface area contributed by atoms with Crippen LogP contribution >= 0.6 is 0 Å². The lowest BCUT2D eigenvalue weighted by Gasteiger charge is -2.34. The number of nitrogens with one attached hydrogen (secondary N) is 2. The van der Waals surface area contributed by atoms with E-state index < -0.39 is 5.91 Å². The fraction of sp³-hybridized carbons (Fsp3) is 0.542. The molecule has 0 atom stereocenters. The van der Waals surface area contributed by atoms with E-state index in [-0.39, 0.29) is 29.3 Å². The van der Waals surface area contributed by atoms with Gasteiger partial charge in [0, 0.05) is 51.1 Å². The van der Waals surface area contributed by atoms with Crippen LogP contribution in [-0.4, -0.2) is 73.3 Å². The summed E-state index contributed by atoms with van der Waals surface area (Å²) < 4.78 is 20.5. The second kappa shape index (κ2) is 10.5. The Hall–Kier alpha value is -2.98. The molecule has 0 aliphatic carbocycles. The number of hydrogen-bond donors (Lipinski definition) is 3. The molecule has 1 aromatic heterocycles. The predicted molar refractivity (Wildman–Crippen MR) is 131 cm³/mol. The Bertz CT molecular complexity index is 1020. The Morgan fingerprint density at radius 2 is 1.85 bits per heavy atom. The van der Waals surface area contributed by atoms with Gasteiger partial charge in [0.15, 0.2) is 17.3 Å². The van der Waals surface area contributed by atoms with Crippen LogP contribution in [0.4, 0.5) is 27.4 Å². The van der Waals surface area contributed by atoms with Crippen LogP contribution in [0.1, 0.15) is 48.8 Å². The molecule has 0 saturated carbocycles. The van der Waals surface area contributed by atoms with Crippen LogP contribution in [0.2, 0.25) is 0 Å². The van der Waals surface area contributed by atoms with Gasteiger partial charge >= 0.3 is 0 Å². The summed E-state index contributed by atoms with van der Waals surface area (Å²) in [6.45, 7) is 8.68. The molecule has 4 rings (SSSR count). The molecule has 2 aliphatic heterocycles. The zero-order valence-electron chi connectivity index (χ0n) is 20.1. The number of benzene rings is 1. The minimum Gasteiger partial charge on any atom is -0.381 e. The van der Waals surface area contributed by atoms with Crippen LogP contribution < -0.4 is 21.3 Å². The van der Waals surface area contributed by atoms with Crippen molar-refractivity contribution in [2.45, 2.75) is 38.6 Å². The molecule has 0 bridgehead atoms. The van der Waals surface area contributed by atoms with Gasteiger partial charge in [0.1, 0.15) is 5.82 Å². The third-order valence-electron chi connectivity index (χ3n) is 6.32. The summed E-state index contributed by atoms with van der Waals surface area (Å²) in [6.07, 6.45) is 1.72. The third-order valence-corrected chi connectivity index (χ3v) is 6.32. The van der Waals surface area contributed by atoms with Gasteiger partial charge in [-0.2, -0.15) is 0 Å². The number of ether oxygens (including phenoxy) is 1. The SMILES string of the molecule is CC(C)c1nc(C(N)=O)c(Nc2ccc(N3CCN(C)CC3)c(F)c2)nc1NC1CCOCC1. The fourth-order valence-electron chi connectivity index (χ4n) is 4.28. The quantitative estimate of drug-likeness (QED) is 0.566. The molecule has 0 spiro atoms. The van der Waals surface area contributed by atoms with Gasteiger partial charge in [0.2, 0.25) is 0 Å². The smallest absolute Gasteiger partial charge is 0.271 e. The lowest BCUT2D eigenvalue weighted by molar-refractivity contribution is 0.0903. The Balaban J connectivity index is 1.61. The Morgan fingerprint density at radius 1 is 1.15 bits per heavy atom. The van der Waals surface area contributed by atoms with Crippen molar-refractivity contribution in [3.63, 3.8) is 0 Å². The van der Waals surface area contributed by atoms with Crippen molar-refractivity contribution in [3.8, 4) is 0 Å². The molecule has 0 radical (unpaired) electrons. The summed E-state index contributed by atoms with van der Waals surface area (Å²) in [5, 5.41) is 6.53. The summed E-state index contributed by atoms with van der Waals surface area (Å²) in [6, 6.07) is 5.16. The Morgan fingerprint density at radius 3 is 2.47 bits per heavy atom. The highest BCUT2D eigenvalue weighted by molar-refractivity contribution is 5.96. The van der Waals surface area contributed by atoms with Crippen molar-refractivity contribution in [1.29, 1.82) is 0 Å². The molecule has 2 aliphatic rings. The number of carbonyl (C=O) groups excluding carboxylic acids is 1. The fourth-order valence-corrected chi connectivity index (χ4v) is 4.28. The van der Waals surface area contributed by atoms with Crippen LogP contribution in [-0.2, 0) is 4.74 Å². The van der Waals surface area contributed by atoms with E-state index in [2.05, 4.69) is 27.6 Å². The topological polar surface area (TPSA) is 109 Å². The molecule has 2 fully saturated rings. The number of rotatable bonds is 7. The molecule has 2 saturated heterocycles. The lowest BCUT2D eigenvalue weighted by atomic mass is 10.1. The standard InChI is InChI=1S/C24H34FN7O2/c1-15(2)20-23(27-16-6-12-34-13-7-16)30-24(21(29-20)22(26)33)28-17-4-5-19(18(25)14-17)32-10-8-31(3)9-11-32/h4-5,14-16H,6-13H2,1-3H3,(H2,26,33)(H2,27,28,30). The highest BCUT2D eigenvalue weighted by atomic mass is 19.1. The number of amides is 1. The van der Waals surface area contributed by atoms with Crippen LogP contribution in [0.15, 0.2) is 18.2 Å². The van der Waals surface area contributed by atoms with Crippen molar-refractivity contribution < 1.29 is 13.9 Å². The first-order valence-corrected chi connectivity index (χ1v) is 11.9. The Kier molecular flexibility index (Phi) is 7.47. The first-order chi connectivity index (χ1) is 16.3. The average molecular weight is 472 g/mol. The second-order valence-electron chi connectivity index (χ2n) is 9.29. The van der Waals surface area contributed by atoms with Gasteiger partial charge in [-0.3, -0.25) is 4.79 Å². The molecule has 184 valence electrons. The maximum absolute atomic E-state index is 15.0. The number of piperazine rings is 1. The molecule has 1 aromatic carbocycles. The summed E-state index contributed by atoms with van der Waals surface area (Å²) in [5.41, 5.74) is 7.37. The number of primary amides is 1. The van der Waals surface area contributed by atoms with Crippen LogP contribution in [0, 0.1) is 5.82 Å². The zero-order valence-corrected chi connectivity index (χ0v) is 20.1. The van der Waals surface area contributed by atoms with Crippen molar-refractivity contribution in [1.82, 2.24) is 14.9 Å². The molecule has 10 heteroatoms.